The molecule has 8 heteroatoms. The number of hydrogen-bond acceptors (Lipinski definition) is 5. The topological polar surface area (TPSA) is 95.1 Å². The summed E-state index contributed by atoms with van der Waals surface area (Å²) in [5.74, 6) is -0.290. The Morgan fingerprint density at radius 1 is 1.50 bits per heavy atom. The Morgan fingerprint density at radius 2 is 2.35 bits per heavy atom. The highest BCUT2D eigenvalue weighted by Gasteiger charge is 2.10. The van der Waals surface area contributed by atoms with Crippen molar-refractivity contribution in [2.45, 2.75) is 0 Å². The predicted molar refractivity (Wildman–Crippen MR) is 74.9 cm³/mol. The Hall–Kier alpha value is -1.96. The van der Waals surface area contributed by atoms with Gasteiger partial charge in [-0.2, -0.15) is 5.10 Å². The summed E-state index contributed by atoms with van der Waals surface area (Å²) in [5.41, 5.74) is 6.48. The molecule has 0 saturated heterocycles. The second-order valence-corrected chi connectivity index (χ2v) is 4.33. The molecule has 20 heavy (non-hydrogen) atoms. The Balaban J connectivity index is 2.14. The van der Waals surface area contributed by atoms with Gasteiger partial charge in [-0.15, -0.1) is 0 Å². The van der Waals surface area contributed by atoms with Crippen LogP contribution in [0.4, 0.5) is 5.69 Å². The summed E-state index contributed by atoms with van der Waals surface area (Å²) >= 11 is 5.94. The van der Waals surface area contributed by atoms with E-state index in [4.69, 9.17) is 22.1 Å². The first-order valence-corrected chi connectivity index (χ1v) is 6.30. The van der Waals surface area contributed by atoms with E-state index in [9.17, 15) is 4.79 Å². The minimum absolute atomic E-state index is 0.0689. The van der Waals surface area contributed by atoms with Gasteiger partial charge in [-0.1, -0.05) is 11.6 Å². The number of nitrogens with two attached hydrogens (primary N) is 1. The molecule has 2 rings (SSSR count). The van der Waals surface area contributed by atoms with Crippen LogP contribution in [-0.4, -0.2) is 40.4 Å². The number of halogens is 1. The molecule has 1 heterocycles. The van der Waals surface area contributed by atoms with Crippen molar-refractivity contribution in [3.63, 3.8) is 0 Å². The van der Waals surface area contributed by atoms with E-state index in [0.717, 1.165) is 0 Å². The van der Waals surface area contributed by atoms with Crippen LogP contribution in [0.3, 0.4) is 0 Å². The van der Waals surface area contributed by atoms with Crippen LogP contribution >= 0.6 is 11.6 Å². The normalized spacial score (nSPS) is 10.5. The molecule has 1 aromatic heterocycles. The molecule has 1 amide bonds. The fraction of sp³-hybridized carbons (Fsp3) is 0.250. The smallest absolute Gasteiger partial charge is 0.250 e. The van der Waals surface area contributed by atoms with Gasteiger partial charge in [-0.25, -0.2) is 9.67 Å². The second-order valence-electron chi connectivity index (χ2n) is 3.89. The standard InChI is InChI=1S/C12H14ClN5O2/c13-9-1-2-11(18-8-15-7-16-18)10(5-9)17-12(19)6-20-4-3-14/h1-2,5,7-8H,3-4,6,14H2,(H,17,19). The van der Waals surface area contributed by atoms with Gasteiger partial charge in [0.05, 0.1) is 18.0 Å². The van der Waals surface area contributed by atoms with Gasteiger partial charge >= 0.3 is 0 Å². The monoisotopic (exact) mass is 295 g/mol. The van der Waals surface area contributed by atoms with Crippen molar-refractivity contribution < 1.29 is 9.53 Å². The molecule has 0 saturated carbocycles. The van der Waals surface area contributed by atoms with Gasteiger partial charge in [0.25, 0.3) is 0 Å². The number of carbonyl (C=O) groups is 1. The Kier molecular flexibility index (Phi) is 5.05. The van der Waals surface area contributed by atoms with Crippen molar-refractivity contribution in [2.24, 2.45) is 5.73 Å². The molecule has 2 aromatic rings. The van der Waals surface area contributed by atoms with E-state index in [-0.39, 0.29) is 12.5 Å². The summed E-state index contributed by atoms with van der Waals surface area (Å²) in [6.45, 7) is 0.633. The van der Waals surface area contributed by atoms with Crippen molar-refractivity contribution >= 4 is 23.2 Å². The van der Waals surface area contributed by atoms with E-state index in [1.165, 1.54) is 17.3 Å². The third kappa shape index (κ3) is 3.77. The zero-order valence-corrected chi connectivity index (χ0v) is 11.4. The van der Waals surface area contributed by atoms with E-state index in [1.54, 1.807) is 18.2 Å². The van der Waals surface area contributed by atoms with Crippen LogP contribution in [-0.2, 0) is 9.53 Å². The highest BCUT2D eigenvalue weighted by Crippen LogP contribution is 2.23. The van der Waals surface area contributed by atoms with Gasteiger partial charge in [-0.3, -0.25) is 4.79 Å². The number of carbonyl (C=O) groups excluding carboxylic acids is 1. The lowest BCUT2D eigenvalue weighted by Gasteiger charge is -2.11. The van der Waals surface area contributed by atoms with Gasteiger partial charge < -0.3 is 15.8 Å². The zero-order valence-electron chi connectivity index (χ0n) is 10.6. The molecular weight excluding hydrogens is 282 g/mol. The van der Waals surface area contributed by atoms with Gasteiger partial charge in [0.2, 0.25) is 5.91 Å². The van der Waals surface area contributed by atoms with Gasteiger partial charge in [0.15, 0.2) is 0 Å². The minimum atomic E-state index is -0.290. The number of amides is 1. The van der Waals surface area contributed by atoms with Crippen LogP contribution in [0.15, 0.2) is 30.9 Å². The maximum atomic E-state index is 11.8. The molecule has 7 nitrogen and oxygen atoms in total. The van der Waals surface area contributed by atoms with Crippen molar-refractivity contribution in [1.29, 1.82) is 0 Å². The second kappa shape index (κ2) is 6.99. The van der Waals surface area contributed by atoms with E-state index in [0.29, 0.717) is 29.5 Å². The first-order valence-electron chi connectivity index (χ1n) is 5.93. The van der Waals surface area contributed by atoms with Crippen LogP contribution in [0, 0.1) is 0 Å². The van der Waals surface area contributed by atoms with Crippen LogP contribution in [0.2, 0.25) is 5.02 Å². The number of ether oxygens (including phenoxy) is 1. The predicted octanol–water partition coefficient (Wildman–Crippen LogP) is 0.835. The maximum absolute atomic E-state index is 11.8. The molecule has 0 aliphatic carbocycles. The average molecular weight is 296 g/mol. The van der Waals surface area contributed by atoms with Crippen molar-refractivity contribution in [3.8, 4) is 5.69 Å². The number of anilines is 1. The summed E-state index contributed by atoms with van der Waals surface area (Å²) in [7, 11) is 0. The summed E-state index contributed by atoms with van der Waals surface area (Å²) in [4.78, 5) is 15.6. The molecule has 0 radical (unpaired) electrons. The molecule has 1 aromatic carbocycles. The summed E-state index contributed by atoms with van der Waals surface area (Å²) in [5, 5.41) is 7.25. The first kappa shape index (κ1) is 14.4. The van der Waals surface area contributed by atoms with Crippen molar-refractivity contribution in [1.82, 2.24) is 14.8 Å². The van der Waals surface area contributed by atoms with E-state index < -0.39 is 0 Å². The van der Waals surface area contributed by atoms with Crippen LogP contribution in [0.1, 0.15) is 0 Å². The SMILES string of the molecule is NCCOCC(=O)Nc1cc(Cl)ccc1-n1cncn1. The molecule has 0 fully saturated rings. The number of nitrogens with one attached hydrogen (secondary N) is 1. The highest BCUT2D eigenvalue weighted by molar-refractivity contribution is 6.31. The van der Waals surface area contributed by atoms with Gasteiger partial charge in [0.1, 0.15) is 19.3 Å². The quantitative estimate of drug-likeness (QED) is 0.770. The van der Waals surface area contributed by atoms with Gasteiger partial charge in [-0.05, 0) is 18.2 Å². The molecule has 106 valence electrons. The number of hydrogen-bond donors (Lipinski definition) is 2. The number of benzene rings is 1. The van der Waals surface area contributed by atoms with Crippen molar-refractivity contribution in [3.05, 3.63) is 35.9 Å². The molecule has 0 bridgehead atoms. The largest absolute Gasteiger partial charge is 0.370 e. The molecular formula is C12H14ClN5O2. The maximum Gasteiger partial charge on any atom is 0.250 e. The average Bonchev–Trinajstić information content (AvgIpc) is 2.93. The third-order valence-corrected chi connectivity index (χ3v) is 2.63. The zero-order chi connectivity index (χ0) is 14.4. The summed E-state index contributed by atoms with van der Waals surface area (Å²) in [6.07, 6.45) is 2.94. The Bertz CT molecular complexity index is 573. The Labute approximate surface area is 120 Å². The van der Waals surface area contributed by atoms with E-state index in [2.05, 4.69) is 15.4 Å². The lowest BCUT2D eigenvalue weighted by Crippen LogP contribution is -2.21. The molecule has 0 aliphatic heterocycles. The van der Waals surface area contributed by atoms with Gasteiger partial charge in [0, 0.05) is 11.6 Å². The summed E-state index contributed by atoms with van der Waals surface area (Å²) < 4.78 is 6.61. The summed E-state index contributed by atoms with van der Waals surface area (Å²) in [6, 6.07) is 5.09. The highest BCUT2D eigenvalue weighted by atomic mass is 35.5. The lowest BCUT2D eigenvalue weighted by atomic mass is 10.2. The van der Waals surface area contributed by atoms with Crippen LogP contribution in [0.25, 0.3) is 5.69 Å². The fourth-order valence-electron chi connectivity index (χ4n) is 1.58. The molecule has 3 N–H and O–H groups in total. The first-order chi connectivity index (χ1) is 9.70. The number of nitrogens with zero attached hydrogens (tertiary/aromatic N) is 3. The van der Waals surface area contributed by atoms with Crippen LogP contribution in [0.5, 0.6) is 0 Å². The molecule has 0 atom stereocenters. The Morgan fingerprint density at radius 3 is 3.05 bits per heavy atom. The molecule has 0 spiro atoms. The fourth-order valence-corrected chi connectivity index (χ4v) is 1.75. The molecule has 0 aliphatic rings. The number of aromatic nitrogens is 3. The minimum Gasteiger partial charge on any atom is -0.370 e. The lowest BCUT2D eigenvalue weighted by molar-refractivity contribution is -0.120. The molecule has 0 unspecified atom stereocenters. The van der Waals surface area contributed by atoms with Crippen molar-refractivity contribution in [2.75, 3.05) is 25.1 Å². The number of rotatable bonds is 6. The third-order valence-electron chi connectivity index (χ3n) is 2.39. The van der Waals surface area contributed by atoms with E-state index >= 15 is 0 Å². The van der Waals surface area contributed by atoms with Crippen LogP contribution < -0.4 is 11.1 Å². The van der Waals surface area contributed by atoms with E-state index in [1.807, 2.05) is 0 Å².